The lowest BCUT2D eigenvalue weighted by Gasteiger charge is -2.33. The fourth-order valence-electron chi connectivity index (χ4n) is 5.34. The lowest BCUT2D eigenvalue weighted by atomic mass is 9.81. The molecule has 222 valence electrons. The number of hydrogen-bond donors (Lipinski definition) is 2. The molecule has 0 saturated heterocycles. The van der Waals surface area contributed by atoms with Crippen LogP contribution in [-0.4, -0.2) is 53.3 Å². The number of imidazole rings is 1. The highest BCUT2D eigenvalue weighted by molar-refractivity contribution is 5.90. The molecule has 0 bridgehead atoms. The third-order valence-corrected chi connectivity index (χ3v) is 7.72. The van der Waals surface area contributed by atoms with Crippen molar-refractivity contribution < 1.29 is 31.5 Å². The molecule has 15 heteroatoms. The Morgan fingerprint density at radius 1 is 1.07 bits per heavy atom. The van der Waals surface area contributed by atoms with Crippen LogP contribution in [0.4, 0.5) is 22.0 Å². The summed E-state index contributed by atoms with van der Waals surface area (Å²) in [7, 11) is 0. The molecule has 0 spiro atoms. The number of rotatable bonds is 10. The summed E-state index contributed by atoms with van der Waals surface area (Å²) in [5.41, 5.74) is 1.43. The molecule has 0 radical (unpaired) electrons. The Morgan fingerprint density at radius 2 is 1.78 bits per heavy atom. The van der Waals surface area contributed by atoms with Crippen LogP contribution in [0.5, 0.6) is 0 Å². The van der Waals surface area contributed by atoms with Gasteiger partial charge < -0.3 is 10.6 Å². The second-order valence-electron chi connectivity index (χ2n) is 10.8. The number of amides is 2. The molecule has 3 aromatic rings. The van der Waals surface area contributed by atoms with Crippen LogP contribution >= 0.6 is 0 Å². The number of aromatic nitrogens is 6. The Bertz CT molecular complexity index is 1390. The maximum atomic E-state index is 14.0. The Labute approximate surface area is 232 Å². The molecule has 3 aromatic heterocycles. The number of carbonyl (C=O) groups is 2. The van der Waals surface area contributed by atoms with Gasteiger partial charge in [0.1, 0.15) is 6.33 Å². The summed E-state index contributed by atoms with van der Waals surface area (Å²) in [6.45, 7) is 2.23. The van der Waals surface area contributed by atoms with Crippen LogP contribution in [0.3, 0.4) is 0 Å². The second kappa shape index (κ2) is 11.3. The molecule has 2 aliphatic rings. The number of nitrogens with one attached hydrogen (secondary N) is 2. The monoisotopic (exact) mass is 582 g/mol. The number of nitrogens with zero attached hydrogens (tertiary/aromatic N) is 6. The topological polar surface area (TPSA) is 119 Å². The highest BCUT2D eigenvalue weighted by Crippen LogP contribution is 2.43. The molecule has 5 rings (SSSR count). The minimum Gasteiger partial charge on any atom is -0.349 e. The van der Waals surface area contributed by atoms with Gasteiger partial charge in [-0.2, -0.15) is 23.4 Å². The van der Waals surface area contributed by atoms with Crippen molar-refractivity contribution in [3.05, 3.63) is 41.9 Å². The van der Waals surface area contributed by atoms with Crippen molar-refractivity contribution in [2.45, 2.75) is 89.0 Å². The first-order chi connectivity index (χ1) is 19.4. The van der Waals surface area contributed by atoms with Crippen LogP contribution in [-0.2, 0) is 11.3 Å². The molecular formula is C26H31F5N8O2. The fourth-order valence-corrected chi connectivity index (χ4v) is 5.34. The van der Waals surface area contributed by atoms with E-state index in [0.29, 0.717) is 23.4 Å². The van der Waals surface area contributed by atoms with Gasteiger partial charge >= 0.3 is 6.18 Å². The minimum absolute atomic E-state index is 0.0791. The zero-order valence-corrected chi connectivity index (χ0v) is 22.4. The normalized spacial score (nSPS) is 19.2. The number of aryl methyl sites for hydroxylation is 1. The predicted molar refractivity (Wildman–Crippen MR) is 135 cm³/mol. The fraction of sp³-hybridized carbons (Fsp3) is 0.615. The quantitative estimate of drug-likeness (QED) is 0.339. The molecule has 2 atom stereocenters. The maximum Gasteiger partial charge on any atom is 0.389 e. The van der Waals surface area contributed by atoms with Crippen LogP contribution in [0, 0.1) is 11.8 Å². The van der Waals surface area contributed by atoms with E-state index in [-0.39, 0.29) is 43.3 Å². The summed E-state index contributed by atoms with van der Waals surface area (Å²) in [4.78, 5) is 34.1. The number of fused-ring (bicyclic) bond motifs is 1. The highest BCUT2D eigenvalue weighted by Gasteiger charge is 2.40. The Kier molecular flexibility index (Phi) is 7.97. The van der Waals surface area contributed by atoms with Crippen LogP contribution in [0.1, 0.15) is 92.3 Å². The Balaban J connectivity index is 1.40. The van der Waals surface area contributed by atoms with Crippen molar-refractivity contribution in [3.8, 4) is 0 Å². The van der Waals surface area contributed by atoms with Gasteiger partial charge in [0.2, 0.25) is 17.7 Å². The summed E-state index contributed by atoms with van der Waals surface area (Å²) in [5, 5.41) is 14.1. The van der Waals surface area contributed by atoms with Gasteiger partial charge in [0.15, 0.2) is 5.65 Å². The van der Waals surface area contributed by atoms with E-state index < -0.39 is 48.8 Å². The van der Waals surface area contributed by atoms with Crippen LogP contribution in [0.25, 0.3) is 5.65 Å². The molecule has 2 fully saturated rings. The zero-order chi connectivity index (χ0) is 29.4. The maximum absolute atomic E-state index is 14.0. The molecule has 0 aromatic carbocycles. The molecule has 2 saturated carbocycles. The zero-order valence-electron chi connectivity index (χ0n) is 22.4. The minimum atomic E-state index is -4.43. The van der Waals surface area contributed by atoms with Crippen LogP contribution in [0.2, 0.25) is 0 Å². The van der Waals surface area contributed by atoms with Gasteiger partial charge in [0.05, 0.1) is 36.6 Å². The number of alkyl halides is 5. The SMILES string of the molecule is CCn1ncnc1C(=O)N[C@H](c1cn2ncc(C(NC(=O)CCC(F)(F)F)C3CC3)cc2n1)C1CCC(F)(F)CC1. The van der Waals surface area contributed by atoms with Gasteiger partial charge in [-0.25, -0.2) is 27.9 Å². The standard InChI is InChI=1S/C26H31F5N8O2/c1-2-38-23(32-14-34-38)24(41)37-22(16-5-8-25(27,28)9-6-16)18-13-39-19(35-18)11-17(12-33-39)21(15-3-4-15)36-20(40)7-10-26(29,30)31/h11-16,21-22H,2-10H2,1H3,(H,36,40)(H,37,41)/t21?,22-/m0/s1. The molecule has 41 heavy (non-hydrogen) atoms. The van der Waals surface area contributed by atoms with Crippen molar-refractivity contribution in [2.75, 3.05) is 0 Å². The highest BCUT2D eigenvalue weighted by atomic mass is 19.4. The molecule has 3 heterocycles. The van der Waals surface area contributed by atoms with Gasteiger partial charge in [0.25, 0.3) is 5.91 Å². The van der Waals surface area contributed by atoms with E-state index in [0.717, 1.165) is 12.8 Å². The second-order valence-corrected chi connectivity index (χ2v) is 10.8. The lowest BCUT2D eigenvalue weighted by Crippen LogP contribution is -2.38. The first-order valence-electron chi connectivity index (χ1n) is 13.7. The van der Waals surface area contributed by atoms with Crippen molar-refractivity contribution in [1.29, 1.82) is 0 Å². The van der Waals surface area contributed by atoms with Crippen molar-refractivity contribution in [1.82, 2.24) is 40.0 Å². The third-order valence-electron chi connectivity index (χ3n) is 7.72. The summed E-state index contributed by atoms with van der Waals surface area (Å²) in [6, 6.07) is 0.488. The van der Waals surface area contributed by atoms with Crippen molar-refractivity contribution in [3.63, 3.8) is 0 Å². The molecule has 1 unspecified atom stereocenters. The first kappa shape index (κ1) is 28.9. The average molecular weight is 583 g/mol. The first-order valence-corrected chi connectivity index (χ1v) is 13.7. The summed E-state index contributed by atoms with van der Waals surface area (Å²) in [6.07, 6.45) is -0.485. The molecule has 2 N–H and O–H groups in total. The number of carbonyl (C=O) groups excluding carboxylic acids is 2. The number of halogens is 5. The van der Waals surface area contributed by atoms with E-state index in [4.69, 9.17) is 0 Å². The van der Waals surface area contributed by atoms with E-state index in [2.05, 4.69) is 30.8 Å². The third kappa shape index (κ3) is 6.99. The van der Waals surface area contributed by atoms with E-state index in [1.807, 2.05) is 6.92 Å². The van der Waals surface area contributed by atoms with Gasteiger partial charge in [-0.3, -0.25) is 9.59 Å². The molecular weight excluding hydrogens is 551 g/mol. The van der Waals surface area contributed by atoms with E-state index >= 15 is 0 Å². The van der Waals surface area contributed by atoms with E-state index in [9.17, 15) is 31.5 Å². The van der Waals surface area contributed by atoms with E-state index in [1.54, 1.807) is 12.3 Å². The van der Waals surface area contributed by atoms with Crippen LogP contribution in [0.15, 0.2) is 24.8 Å². The molecule has 0 aliphatic heterocycles. The summed E-state index contributed by atoms with van der Waals surface area (Å²) in [5.74, 6) is -4.10. The lowest BCUT2D eigenvalue weighted by molar-refractivity contribution is -0.144. The van der Waals surface area contributed by atoms with Gasteiger partial charge in [0, 0.05) is 25.8 Å². The largest absolute Gasteiger partial charge is 0.389 e. The van der Waals surface area contributed by atoms with E-state index in [1.165, 1.54) is 21.7 Å². The van der Waals surface area contributed by atoms with Gasteiger partial charge in [-0.1, -0.05) is 0 Å². The molecule has 2 aliphatic carbocycles. The molecule has 2 amide bonds. The Morgan fingerprint density at radius 3 is 2.44 bits per heavy atom. The Hall–Kier alpha value is -3.65. The number of hydrogen-bond acceptors (Lipinski definition) is 6. The summed E-state index contributed by atoms with van der Waals surface area (Å²) >= 11 is 0. The smallest absolute Gasteiger partial charge is 0.349 e. The predicted octanol–water partition coefficient (Wildman–Crippen LogP) is 4.55. The van der Waals surface area contributed by atoms with Gasteiger partial charge in [-0.15, -0.1) is 0 Å². The van der Waals surface area contributed by atoms with Crippen LogP contribution < -0.4 is 10.6 Å². The summed E-state index contributed by atoms with van der Waals surface area (Å²) < 4.78 is 68.6. The molecule has 10 nitrogen and oxygen atoms in total. The average Bonchev–Trinajstić information content (AvgIpc) is 3.48. The van der Waals surface area contributed by atoms with Crippen molar-refractivity contribution in [2.24, 2.45) is 11.8 Å². The van der Waals surface area contributed by atoms with Gasteiger partial charge in [-0.05, 0) is 56.1 Å². The van der Waals surface area contributed by atoms with Crippen molar-refractivity contribution >= 4 is 17.5 Å².